The molecule has 1 N–H and O–H groups in total. The molecule has 3 unspecified atom stereocenters. The fraction of sp³-hybridized carbons (Fsp3) is 0.611. The Hall–Kier alpha value is -1.46. The van der Waals surface area contributed by atoms with Crippen LogP contribution in [0.15, 0.2) is 12.1 Å². The van der Waals surface area contributed by atoms with Crippen LogP contribution >= 0.6 is 11.6 Å². The molecule has 1 aliphatic heterocycles. The molecule has 0 bridgehead atoms. The normalized spacial score (nSPS) is 26.9. The minimum Gasteiger partial charge on any atom is -0.493 e. The van der Waals surface area contributed by atoms with Crippen LogP contribution in [-0.2, 0) is 11.3 Å². The Morgan fingerprint density at radius 2 is 2.04 bits per heavy atom. The molecule has 0 aromatic heterocycles. The summed E-state index contributed by atoms with van der Waals surface area (Å²) in [6.45, 7) is 0.568. The molecule has 3 rings (SSSR count). The molecule has 24 heavy (non-hydrogen) atoms. The average molecular weight is 354 g/mol. The van der Waals surface area contributed by atoms with E-state index < -0.39 is 12.0 Å². The molecule has 3 atom stereocenters. The van der Waals surface area contributed by atoms with Gasteiger partial charge in [-0.1, -0.05) is 24.4 Å². The van der Waals surface area contributed by atoms with E-state index in [0.717, 1.165) is 24.8 Å². The third kappa shape index (κ3) is 3.20. The smallest absolute Gasteiger partial charge is 0.320 e. The van der Waals surface area contributed by atoms with Crippen LogP contribution in [0.3, 0.4) is 0 Å². The van der Waals surface area contributed by atoms with Gasteiger partial charge in [0.1, 0.15) is 6.04 Å². The fourth-order valence-corrected chi connectivity index (χ4v) is 4.61. The number of hydrogen-bond acceptors (Lipinski definition) is 4. The van der Waals surface area contributed by atoms with Crippen LogP contribution in [0.25, 0.3) is 0 Å². The number of hydrogen-bond donors (Lipinski definition) is 1. The number of carboxylic acid groups (broad SMARTS) is 1. The summed E-state index contributed by atoms with van der Waals surface area (Å²) in [6.07, 6.45) is 5.36. The molecule has 2 fully saturated rings. The summed E-state index contributed by atoms with van der Waals surface area (Å²) < 4.78 is 10.6. The molecule has 2 aliphatic rings. The quantitative estimate of drug-likeness (QED) is 0.876. The van der Waals surface area contributed by atoms with Crippen LogP contribution in [-0.4, -0.2) is 42.3 Å². The van der Waals surface area contributed by atoms with E-state index in [0.29, 0.717) is 35.0 Å². The molecule has 1 aromatic rings. The van der Waals surface area contributed by atoms with Gasteiger partial charge in [-0.2, -0.15) is 0 Å². The molecular weight excluding hydrogens is 330 g/mol. The minimum atomic E-state index is -0.726. The van der Waals surface area contributed by atoms with Crippen LogP contribution in [0.4, 0.5) is 0 Å². The summed E-state index contributed by atoms with van der Waals surface area (Å²) in [7, 11) is 3.13. The maximum atomic E-state index is 11.7. The monoisotopic (exact) mass is 353 g/mol. The Kier molecular flexibility index (Phi) is 5.21. The molecule has 1 aromatic carbocycles. The summed E-state index contributed by atoms with van der Waals surface area (Å²) in [6, 6.07) is 3.68. The minimum absolute atomic E-state index is 0.353. The highest BCUT2D eigenvalue weighted by Gasteiger charge is 2.45. The van der Waals surface area contributed by atoms with Crippen molar-refractivity contribution in [3.63, 3.8) is 0 Å². The number of halogens is 1. The molecule has 0 amide bonds. The molecule has 5 nitrogen and oxygen atoms in total. The predicted molar refractivity (Wildman–Crippen MR) is 91.9 cm³/mol. The fourth-order valence-electron chi connectivity index (χ4n) is 4.30. The zero-order valence-electron chi connectivity index (χ0n) is 14.1. The van der Waals surface area contributed by atoms with Gasteiger partial charge in [0.25, 0.3) is 0 Å². The van der Waals surface area contributed by atoms with E-state index in [4.69, 9.17) is 21.1 Å². The van der Waals surface area contributed by atoms with Crippen molar-refractivity contribution in [3.05, 3.63) is 22.7 Å². The van der Waals surface area contributed by atoms with Gasteiger partial charge < -0.3 is 14.6 Å². The second-order valence-electron chi connectivity index (χ2n) is 6.69. The van der Waals surface area contributed by atoms with Crippen molar-refractivity contribution in [3.8, 4) is 11.5 Å². The number of methoxy groups -OCH3 is 2. The van der Waals surface area contributed by atoms with Gasteiger partial charge in [0.15, 0.2) is 11.5 Å². The van der Waals surface area contributed by atoms with E-state index in [1.807, 2.05) is 12.1 Å². The Balaban J connectivity index is 1.87. The third-order valence-corrected chi connectivity index (χ3v) is 5.65. The Morgan fingerprint density at radius 3 is 2.71 bits per heavy atom. The van der Waals surface area contributed by atoms with E-state index in [1.54, 1.807) is 14.2 Å². The lowest BCUT2D eigenvalue weighted by Gasteiger charge is -2.33. The highest BCUT2D eigenvalue weighted by Crippen LogP contribution is 2.42. The zero-order valence-corrected chi connectivity index (χ0v) is 14.9. The second-order valence-corrected chi connectivity index (χ2v) is 7.09. The lowest BCUT2D eigenvalue weighted by atomic mass is 9.84. The van der Waals surface area contributed by atoms with Gasteiger partial charge >= 0.3 is 5.97 Å². The summed E-state index contributed by atoms with van der Waals surface area (Å²) in [5.74, 6) is 0.854. The highest BCUT2D eigenvalue weighted by atomic mass is 35.5. The van der Waals surface area contributed by atoms with Gasteiger partial charge in [0, 0.05) is 12.6 Å². The van der Waals surface area contributed by atoms with Crippen molar-refractivity contribution in [1.82, 2.24) is 4.90 Å². The van der Waals surface area contributed by atoms with Crippen molar-refractivity contribution in [2.45, 2.75) is 50.7 Å². The topological polar surface area (TPSA) is 59.0 Å². The maximum Gasteiger partial charge on any atom is 0.320 e. The number of fused-ring (bicyclic) bond motifs is 1. The summed E-state index contributed by atoms with van der Waals surface area (Å²) in [4.78, 5) is 13.9. The summed E-state index contributed by atoms with van der Waals surface area (Å²) >= 11 is 6.30. The van der Waals surface area contributed by atoms with Crippen molar-refractivity contribution in [1.29, 1.82) is 0 Å². The Morgan fingerprint density at radius 1 is 1.29 bits per heavy atom. The molecular formula is C18H24ClNO4. The van der Waals surface area contributed by atoms with Crippen LogP contribution in [0.2, 0.25) is 5.02 Å². The number of carbonyl (C=O) groups is 1. The number of benzene rings is 1. The van der Waals surface area contributed by atoms with Crippen molar-refractivity contribution >= 4 is 17.6 Å². The van der Waals surface area contributed by atoms with Crippen LogP contribution in [0.5, 0.6) is 11.5 Å². The van der Waals surface area contributed by atoms with Gasteiger partial charge in [-0.05, 0) is 42.9 Å². The number of ether oxygens (including phenoxy) is 2. The highest BCUT2D eigenvalue weighted by molar-refractivity contribution is 6.32. The van der Waals surface area contributed by atoms with Gasteiger partial charge in [-0.25, -0.2) is 0 Å². The van der Waals surface area contributed by atoms with E-state index in [2.05, 4.69) is 4.90 Å². The van der Waals surface area contributed by atoms with E-state index in [9.17, 15) is 9.90 Å². The van der Waals surface area contributed by atoms with Crippen LogP contribution in [0, 0.1) is 5.92 Å². The average Bonchev–Trinajstić information content (AvgIpc) is 2.93. The predicted octanol–water partition coefficient (Wildman–Crippen LogP) is 3.57. The summed E-state index contributed by atoms with van der Waals surface area (Å²) in [5, 5.41) is 10.1. The first kappa shape index (κ1) is 17.4. The SMILES string of the molecule is COc1cc(CN2C(C(=O)O)CC3CCCCC32)cc(Cl)c1OC. The molecule has 6 heteroatoms. The number of rotatable bonds is 5. The lowest BCUT2D eigenvalue weighted by Crippen LogP contribution is -2.41. The Labute approximate surface area is 147 Å². The standard InChI is InChI=1S/C18H24ClNO4/c1-23-16-8-11(7-13(19)17(16)24-2)10-20-14-6-4-3-5-12(14)9-15(20)18(21)22/h7-8,12,14-15H,3-6,9-10H2,1-2H3,(H,21,22). The van der Waals surface area contributed by atoms with Crippen LogP contribution in [0.1, 0.15) is 37.7 Å². The molecule has 1 aliphatic carbocycles. The van der Waals surface area contributed by atoms with Crippen molar-refractivity contribution in [2.75, 3.05) is 14.2 Å². The first-order valence-corrected chi connectivity index (χ1v) is 8.82. The van der Waals surface area contributed by atoms with Crippen molar-refractivity contribution < 1.29 is 19.4 Å². The van der Waals surface area contributed by atoms with Gasteiger partial charge in [-0.15, -0.1) is 0 Å². The largest absolute Gasteiger partial charge is 0.493 e. The molecule has 1 heterocycles. The maximum absolute atomic E-state index is 11.7. The van der Waals surface area contributed by atoms with Gasteiger partial charge in [0.05, 0.1) is 19.2 Å². The molecule has 1 saturated heterocycles. The number of likely N-dealkylation sites (tertiary alicyclic amines) is 1. The Bertz CT molecular complexity index is 621. The molecule has 132 valence electrons. The number of aliphatic carboxylic acids is 1. The summed E-state index contributed by atoms with van der Waals surface area (Å²) in [5.41, 5.74) is 0.954. The lowest BCUT2D eigenvalue weighted by molar-refractivity contribution is -0.142. The molecule has 1 saturated carbocycles. The van der Waals surface area contributed by atoms with Gasteiger partial charge in [-0.3, -0.25) is 9.69 Å². The first-order valence-electron chi connectivity index (χ1n) is 8.44. The van der Waals surface area contributed by atoms with E-state index in [1.165, 1.54) is 12.8 Å². The number of carboxylic acids is 1. The molecule has 0 spiro atoms. The van der Waals surface area contributed by atoms with E-state index in [-0.39, 0.29) is 0 Å². The third-order valence-electron chi connectivity index (χ3n) is 5.36. The van der Waals surface area contributed by atoms with E-state index >= 15 is 0 Å². The van der Waals surface area contributed by atoms with Crippen LogP contribution < -0.4 is 9.47 Å². The van der Waals surface area contributed by atoms with Gasteiger partial charge in [0.2, 0.25) is 0 Å². The first-order chi connectivity index (χ1) is 11.5. The molecule has 0 radical (unpaired) electrons. The zero-order chi connectivity index (χ0) is 17.3. The number of nitrogens with zero attached hydrogens (tertiary/aromatic N) is 1. The van der Waals surface area contributed by atoms with Crippen molar-refractivity contribution in [2.24, 2.45) is 5.92 Å². The second kappa shape index (κ2) is 7.19.